The Hall–Kier alpha value is -4.83. The van der Waals surface area contributed by atoms with Crippen molar-refractivity contribution in [1.82, 2.24) is 9.36 Å². The van der Waals surface area contributed by atoms with Crippen molar-refractivity contribution < 1.29 is 26.7 Å². The van der Waals surface area contributed by atoms with E-state index in [0.717, 1.165) is 53.2 Å². The van der Waals surface area contributed by atoms with E-state index in [0.29, 0.717) is 5.69 Å². The largest absolute Gasteiger partial charge is 0.297 e. The molecule has 3 aromatic carbocycles. The molecule has 0 amide bonds. The van der Waals surface area contributed by atoms with Crippen molar-refractivity contribution in [3.05, 3.63) is 115 Å². The Balaban J connectivity index is 2.03. The first kappa shape index (κ1) is 27.2. The molecule has 0 saturated heterocycles. The molecule has 0 aliphatic rings. The lowest BCUT2D eigenvalue weighted by Crippen LogP contribution is -2.40. The maximum Gasteiger partial charge on any atom is 0.297 e. The van der Waals surface area contributed by atoms with Crippen molar-refractivity contribution in [2.45, 2.75) is 16.7 Å². The molecule has 0 bridgehead atoms. The number of benzene rings is 3. The monoisotopic (exact) mass is 573 g/mol. The van der Waals surface area contributed by atoms with Gasteiger partial charge in [-0.25, -0.2) is 21.5 Å². The van der Waals surface area contributed by atoms with Crippen LogP contribution >= 0.6 is 0 Å². The smallest absolute Gasteiger partial charge is 0.283 e. The van der Waals surface area contributed by atoms with E-state index in [9.17, 15) is 41.9 Å². The van der Waals surface area contributed by atoms with E-state index in [2.05, 4.69) is 0 Å². The van der Waals surface area contributed by atoms with Crippen LogP contribution in [0.2, 0.25) is 0 Å². The number of nitro benzene ring substituents is 2. The molecule has 39 heavy (non-hydrogen) atoms. The highest BCUT2D eigenvalue weighted by molar-refractivity contribution is 8.10. The number of nitro groups is 2. The molecular weight excluding hydrogens is 554 g/mol. The molecule has 1 heterocycles. The van der Waals surface area contributed by atoms with E-state index < -0.39 is 62.3 Å². The molecule has 14 nitrogen and oxygen atoms in total. The molecule has 0 spiro atoms. The maximum atomic E-state index is 13.9. The minimum absolute atomic E-state index is 0.0418. The highest BCUT2D eigenvalue weighted by Crippen LogP contribution is 2.33. The predicted molar refractivity (Wildman–Crippen MR) is 139 cm³/mol. The number of sulfonamides is 2. The first-order valence-corrected chi connectivity index (χ1v) is 13.8. The molecule has 0 saturated carbocycles. The molecule has 4 rings (SSSR count). The van der Waals surface area contributed by atoms with Gasteiger partial charge in [-0.15, -0.1) is 3.71 Å². The number of non-ortho nitro benzene ring substituents is 2. The summed E-state index contributed by atoms with van der Waals surface area (Å²) < 4.78 is 57.8. The normalized spacial score (nSPS) is 11.7. The van der Waals surface area contributed by atoms with Crippen LogP contribution < -0.4 is 9.27 Å². The fraction of sp³-hybridized carbons (Fsp3) is 0.0870. The zero-order chi connectivity index (χ0) is 28.7. The lowest BCUT2D eigenvalue weighted by Gasteiger charge is -2.23. The third kappa shape index (κ3) is 4.66. The Kier molecular flexibility index (Phi) is 6.84. The summed E-state index contributed by atoms with van der Waals surface area (Å²) in [5.41, 5.74) is -2.32. The summed E-state index contributed by atoms with van der Waals surface area (Å²) in [6.07, 6.45) is 0. The number of anilines is 1. The minimum atomic E-state index is -5.10. The lowest BCUT2D eigenvalue weighted by molar-refractivity contribution is -0.385. The van der Waals surface area contributed by atoms with Crippen molar-refractivity contribution in [3.63, 3.8) is 0 Å². The van der Waals surface area contributed by atoms with E-state index in [1.807, 2.05) is 0 Å². The number of rotatable bonds is 8. The van der Waals surface area contributed by atoms with Crippen molar-refractivity contribution in [3.8, 4) is 5.69 Å². The quantitative estimate of drug-likeness (QED) is 0.226. The molecule has 0 aliphatic carbocycles. The molecule has 202 valence electrons. The Bertz CT molecular complexity index is 1780. The van der Waals surface area contributed by atoms with Gasteiger partial charge in [-0.2, -0.15) is 0 Å². The van der Waals surface area contributed by atoms with E-state index in [-0.39, 0.29) is 9.40 Å². The molecule has 1 aromatic heterocycles. The van der Waals surface area contributed by atoms with Crippen LogP contribution in [0.1, 0.15) is 5.69 Å². The SMILES string of the molecule is Cc1c(N(S(=O)(=O)c2ccc([N+](=O)[O-])cc2)S(=O)(=O)c2ccc([N+](=O)[O-])cc2)c(=O)n(-c2ccccc2)n1C. The summed E-state index contributed by atoms with van der Waals surface area (Å²) >= 11 is 0. The topological polar surface area (TPSA) is 185 Å². The summed E-state index contributed by atoms with van der Waals surface area (Å²) in [4.78, 5) is 33.0. The van der Waals surface area contributed by atoms with Crippen molar-refractivity contribution >= 4 is 37.1 Å². The Morgan fingerprint density at radius 2 is 1.13 bits per heavy atom. The second-order valence-corrected chi connectivity index (χ2v) is 11.9. The van der Waals surface area contributed by atoms with E-state index in [1.54, 1.807) is 30.3 Å². The number of para-hydroxylation sites is 1. The van der Waals surface area contributed by atoms with Gasteiger partial charge in [0.25, 0.3) is 37.0 Å². The first-order chi connectivity index (χ1) is 18.3. The van der Waals surface area contributed by atoms with Crippen LogP contribution in [0.25, 0.3) is 5.69 Å². The number of hydrogen-bond acceptors (Lipinski definition) is 9. The van der Waals surface area contributed by atoms with Crippen LogP contribution in [0.4, 0.5) is 17.1 Å². The van der Waals surface area contributed by atoms with Crippen LogP contribution in [0.5, 0.6) is 0 Å². The van der Waals surface area contributed by atoms with E-state index in [1.165, 1.54) is 18.7 Å². The van der Waals surface area contributed by atoms with Crippen LogP contribution in [-0.4, -0.2) is 36.0 Å². The molecule has 0 N–H and O–H groups in total. The summed E-state index contributed by atoms with van der Waals surface area (Å²) in [5, 5.41) is 22.1. The molecule has 0 atom stereocenters. The first-order valence-electron chi connectivity index (χ1n) is 10.9. The van der Waals surface area contributed by atoms with Crippen LogP contribution in [-0.2, 0) is 27.1 Å². The number of aromatic nitrogens is 2. The lowest BCUT2D eigenvalue weighted by atomic mass is 10.3. The van der Waals surface area contributed by atoms with Crippen LogP contribution in [0.3, 0.4) is 0 Å². The Morgan fingerprint density at radius 3 is 1.51 bits per heavy atom. The summed E-state index contributed by atoms with van der Waals surface area (Å²) in [6, 6.07) is 15.0. The van der Waals surface area contributed by atoms with Gasteiger partial charge >= 0.3 is 0 Å². The van der Waals surface area contributed by atoms with Gasteiger partial charge in [-0.3, -0.25) is 29.7 Å². The fourth-order valence-electron chi connectivity index (χ4n) is 3.81. The van der Waals surface area contributed by atoms with Gasteiger partial charge < -0.3 is 0 Å². The van der Waals surface area contributed by atoms with Gasteiger partial charge in [-0.05, 0) is 43.3 Å². The molecule has 16 heteroatoms. The maximum absolute atomic E-state index is 13.9. The Labute approximate surface area is 221 Å². The van der Waals surface area contributed by atoms with Crippen LogP contribution in [0, 0.1) is 27.2 Å². The second-order valence-electron chi connectivity index (χ2n) is 8.12. The second kappa shape index (κ2) is 9.80. The Morgan fingerprint density at radius 1 is 0.718 bits per heavy atom. The summed E-state index contributed by atoms with van der Waals surface area (Å²) in [6.45, 7) is 1.35. The van der Waals surface area contributed by atoms with Crippen molar-refractivity contribution in [2.24, 2.45) is 7.05 Å². The third-order valence-electron chi connectivity index (χ3n) is 5.83. The highest BCUT2D eigenvalue weighted by atomic mass is 32.3. The molecule has 0 aliphatic heterocycles. The standard InChI is InChI=1S/C23H19N5O9S2/c1-16-22(23(29)25(24(16)2)17-6-4-3-5-7-17)28(38(34,35)20-12-8-18(9-13-20)26(30)31)39(36,37)21-14-10-19(11-15-21)27(32)33/h3-15H,1-2H3. The number of hydrogen-bond donors (Lipinski definition) is 0. The van der Waals surface area contributed by atoms with Crippen LogP contribution in [0.15, 0.2) is 93.4 Å². The van der Waals surface area contributed by atoms with Gasteiger partial charge in [0.05, 0.1) is 31.0 Å². The molecule has 4 aromatic rings. The molecular formula is C23H19N5O9S2. The molecule has 0 fully saturated rings. The average molecular weight is 574 g/mol. The average Bonchev–Trinajstić information content (AvgIpc) is 3.12. The summed E-state index contributed by atoms with van der Waals surface area (Å²) in [7, 11) is -8.76. The van der Waals surface area contributed by atoms with Gasteiger partial charge in [0.2, 0.25) is 0 Å². The molecule has 0 unspecified atom stereocenters. The van der Waals surface area contributed by atoms with E-state index in [4.69, 9.17) is 0 Å². The minimum Gasteiger partial charge on any atom is -0.283 e. The highest BCUT2D eigenvalue weighted by Gasteiger charge is 2.41. The zero-order valence-corrected chi connectivity index (χ0v) is 21.9. The van der Waals surface area contributed by atoms with Gasteiger partial charge in [-0.1, -0.05) is 18.2 Å². The third-order valence-corrected chi connectivity index (χ3v) is 9.99. The van der Waals surface area contributed by atoms with Gasteiger partial charge in [0, 0.05) is 31.3 Å². The fourth-order valence-corrected chi connectivity index (χ4v) is 7.60. The van der Waals surface area contributed by atoms with Gasteiger partial charge in [0.1, 0.15) is 0 Å². The predicted octanol–water partition coefficient (Wildman–Crippen LogP) is 2.89. The zero-order valence-electron chi connectivity index (χ0n) is 20.2. The van der Waals surface area contributed by atoms with E-state index >= 15 is 0 Å². The summed E-state index contributed by atoms with van der Waals surface area (Å²) in [5.74, 6) is 0. The molecule has 0 radical (unpaired) electrons. The number of nitrogens with zero attached hydrogens (tertiary/aromatic N) is 5. The van der Waals surface area contributed by atoms with Gasteiger partial charge in [0.15, 0.2) is 5.69 Å². The van der Waals surface area contributed by atoms with Crippen molar-refractivity contribution in [1.29, 1.82) is 0 Å². The van der Waals surface area contributed by atoms with Crippen molar-refractivity contribution in [2.75, 3.05) is 3.71 Å².